The van der Waals surface area contributed by atoms with Crippen molar-refractivity contribution in [2.75, 3.05) is 81.1 Å². The van der Waals surface area contributed by atoms with Crippen LogP contribution in [0.15, 0.2) is 165 Å². The first-order chi connectivity index (χ1) is 49.1. The van der Waals surface area contributed by atoms with Gasteiger partial charge in [-0.25, -0.2) is 28.8 Å². The number of carbonyl (C=O) groups excluding carboxylic acids is 8. The zero-order valence-corrected chi connectivity index (χ0v) is 63.7. The molecule has 2 aliphatic rings. The number of carbonyl (C=O) groups is 10. The number of amides is 2. The fraction of sp³-hybridized carbons (Fsp3) is 0.413. The highest BCUT2D eigenvalue weighted by Crippen LogP contribution is 2.29. The van der Waals surface area contributed by atoms with Crippen LogP contribution in [0.1, 0.15) is 128 Å². The molecular weight excluding hydrogens is 1400 g/mol. The van der Waals surface area contributed by atoms with E-state index in [9.17, 15) is 58.2 Å². The van der Waals surface area contributed by atoms with E-state index in [1.807, 2.05) is 67.6 Å². The summed E-state index contributed by atoms with van der Waals surface area (Å²) >= 11 is 5.10. The third kappa shape index (κ3) is 33.1. The van der Waals surface area contributed by atoms with Crippen LogP contribution in [0, 0.1) is 10.8 Å². The van der Waals surface area contributed by atoms with Crippen molar-refractivity contribution < 1.29 is 107 Å². The van der Waals surface area contributed by atoms with E-state index in [1.54, 1.807) is 106 Å². The summed E-state index contributed by atoms with van der Waals surface area (Å²) in [6.45, 7) is 26.9. The first kappa shape index (κ1) is 93.0. The summed E-state index contributed by atoms with van der Waals surface area (Å²) in [6, 6.07) is 31.3. The second-order valence-electron chi connectivity index (χ2n) is 25.2. The van der Waals surface area contributed by atoms with Crippen molar-refractivity contribution in [3.8, 4) is 0 Å². The molecule has 2 atom stereocenters. The molecule has 0 aromatic heterocycles. The average Bonchev–Trinajstić information content (AvgIpc) is 1.66. The van der Waals surface area contributed by atoms with Gasteiger partial charge in [0.1, 0.15) is 38.6 Å². The molecule has 2 unspecified atom stereocenters. The number of methoxy groups -OCH3 is 2. The molecule has 0 aliphatic carbocycles. The normalized spacial score (nSPS) is 13.9. The summed E-state index contributed by atoms with van der Waals surface area (Å²) in [7, 11) is 2.54. The van der Waals surface area contributed by atoms with E-state index in [0.717, 1.165) is 11.1 Å². The summed E-state index contributed by atoms with van der Waals surface area (Å²) in [5, 5.41) is 71.8. The van der Waals surface area contributed by atoms with Crippen molar-refractivity contribution in [3.63, 3.8) is 0 Å². The molecule has 4 aromatic carbocycles. The monoisotopic (exact) mass is 1500 g/mol. The molecule has 0 radical (unpaired) electrons. The van der Waals surface area contributed by atoms with Crippen molar-refractivity contribution in [1.29, 1.82) is 0 Å². The minimum Gasteiger partial charge on any atom is -0.481 e. The van der Waals surface area contributed by atoms with Crippen molar-refractivity contribution in [1.82, 2.24) is 0 Å². The molecule has 6 rings (SSSR count). The quantitative estimate of drug-likeness (QED) is 0.00694. The number of carboxylic acids is 2. The van der Waals surface area contributed by atoms with Gasteiger partial charge in [0, 0.05) is 28.4 Å². The Morgan fingerprint density at radius 3 is 1.21 bits per heavy atom. The van der Waals surface area contributed by atoms with Crippen LogP contribution in [-0.4, -0.2) is 196 Å². The molecule has 4 aromatic rings. The highest BCUT2D eigenvalue weighted by Gasteiger charge is 2.35. The van der Waals surface area contributed by atoms with E-state index < -0.39 is 81.9 Å². The number of azo groups is 1. The van der Waals surface area contributed by atoms with Crippen LogP contribution >= 0.6 is 24.4 Å². The number of thioether (sulfide) groups is 1. The lowest BCUT2D eigenvalue weighted by molar-refractivity contribution is -0.156. The number of rotatable bonds is 28. The minimum atomic E-state index is -1.18. The number of thiol groups is 1. The molecule has 0 saturated carbocycles. The lowest BCUT2D eigenvalue weighted by Gasteiger charge is -2.23. The number of esters is 6. The molecule has 2 amide bonds. The van der Waals surface area contributed by atoms with Crippen molar-refractivity contribution in [2.45, 2.75) is 120 Å². The summed E-state index contributed by atoms with van der Waals surface area (Å²) in [5.41, 5.74) is 2.24. The maximum Gasteiger partial charge on any atom is 0.338 e. The van der Waals surface area contributed by atoms with Crippen molar-refractivity contribution in [2.24, 2.45) is 31.3 Å². The van der Waals surface area contributed by atoms with Crippen LogP contribution in [0.25, 0.3) is 12.2 Å². The molecule has 2 aliphatic heterocycles. The number of carboxylic acid groups (broad SMARTS) is 2. The summed E-state index contributed by atoms with van der Waals surface area (Å²) in [4.78, 5) is 116. The van der Waals surface area contributed by atoms with Gasteiger partial charge in [0.15, 0.2) is 11.1 Å². The van der Waals surface area contributed by atoms with E-state index in [-0.39, 0.29) is 73.7 Å². The predicted molar refractivity (Wildman–Crippen MR) is 403 cm³/mol. The topological polar surface area (TPSA) is 403 Å². The number of aliphatic hydroxyl groups excluding tert-OH is 4. The number of hydrogen-bond acceptors (Lipinski definition) is 26. The van der Waals surface area contributed by atoms with Crippen LogP contribution in [0.4, 0.5) is 11.4 Å². The summed E-state index contributed by atoms with van der Waals surface area (Å²) < 4.78 is 29.3. The van der Waals surface area contributed by atoms with Gasteiger partial charge < -0.3 is 59.1 Å². The van der Waals surface area contributed by atoms with Crippen LogP contribution in [0.3, 0.4) is 0 Å². The van der Waals surface area contributed by atoms with E-state index in [2.05, 4.69) is 55.7 Å². The number of nitrogens with zero attached hydrogens (tertiary/aromatic N) is 6. The van der Waals surface area contributed by atoms with Gasteiger partial charge in [-0.05, 0) is 161 Å². The lowest BCUT2D eigenvalue weighted by Crippen LogP contribution is -2.34. The number of benzene rings is 4. The number of ether oxygens (including phenoxy) is 6. The number of hydrogen-bond donors (Lipinski definition) is 7. The smallest absolute Gasteiger partial charge is 0.338 e. The minimum absolute atomic E-state index is 0.0274. The maximum absolute atomic E-state index is 12.9. The molecule has 2 heterocycles. The first-order valence-corrected chi connectivity index (χ1v) is 34.3. The number of hydrazone groups is 2. The Hall–Kier alpha value is -9.98. The third-order valence-electron chi connectivity index (χ3n) is 14.1. The predicted octanol–water partition coefficient (Wildman–Crippen LogP) is 9.84. The molecule has 0 spiro atoms. The maximum atomic E-state index is 12.9. The zero-order valence-electron chi connectivity index (χ0n) is 61.9. The van der Waals surface area contributed by atoms with Crippen LogP contribution in [0.2, 0.25) is 0 Å². The molecule has 30 heteroatoms. The fourth-order valence-electron chi connectivity index (χ4n) is 7.33. The van der Waals surface area contributed by atoms with E-state index in [1.165, 1.54) is 74.1 Å². The van der Waals surface area contributed by atoms with Gasteiger partial charge in [-0.1, -0.05) is 80.7 Å². The molecular formula is C75H98N6O22S2. The third-order valence-corrected chi connectivity index (χ3v) is 15.7. The van der Waals surface area contributed by atoms with Gasteiger partial charge >= 0.3 is 47.8 Å². The summed E-state index contributed by atoms with van der Waals surface area (Å²) in [6.07, 6.45) is 1.91. The highest BCUT2D eigenvalue weighted by atomic mass is 32.2. The standard InChI is InChI=1S/C28H32N2O7S.C25H24N2O6.C10H18N2O4.C6H12O2.C4H6O2.C2H6OS/c1-19-24(15-20-7-5-4-6-8-20)25(33)30(29-19)22-11-9-21(10-12-22)26(34)36-16-23(32)17-37-27(35)28(2,3)18-38-14-13-31;1-16(2)24(30)32-14-21(28)15-33-25(31)19-9-11-20(12-10-19)27-23(29)22(17(3)26-27)13-18-7-5-4-6-8-18;1-9(2,7(13)15-5)11-12-10(3,4)8(14)16-6;1-4-6(2,3)5(7)8;1-3(2)4(5)6;3-1-2-4/h4-12,15,23,31-32H,13-14,16-18H2,1-3H3;4-13,21,28H,1,14-15H2,2-3H3;1-6H3;4H2,1-3H3,(H,7,8);1H2,2H3,(H,5,6);3-4H,1-2H2/b24-15-;22-13-;;;;. The number of aliphatic carboxylic acids is 2. The molecule has 105 heavy (non-hydrogen) atoms. The molecule has 0 fully saturated rings. The van der Waals surface area contributed by atoms with Gasteiger partial charge in [0.05, 0.1) is 83.3 Å². The first-order valence-electron chi connectivity index (χ1n) is 32.5. The van der Waals surface area contributed by atoms with E-state index in [0.29, 0.717) is 57.6 Å². The molecule has 28 nitrogen and oxygen atoms in total. The molecule has 572 valence electrons. The molecule has 0 bridgehead atoms. The van der Waals surface area contributed by atoms with Gasteiger partial charge in [0.2, 0.25) is 0 Å². The number of anilines is 2. The SMILES string of the molecule is C=C(C)C(=O)O.C=C(C)C(=O)OCC(O)COC(=O)c1ccc(N2N=C(C)/C(=C/c3ccccc3)C2=O)cc1.CC1=NN(c2ccc(C(=O)OCC(O)COC(=O)C(C)(C)CSCCO)cc2)C(=O)/C1=C\c1ccccc1.CCC(C)(C)C(=O)O.COC(=O)C(C)(C)N=NC(C)(C)C(=O)OC.OCCS. The Morgan fingerprint density at radius 1 is 0.562 bits per heavy atom. The Bertz CT molecular complexity index is 3710. The largest absolute Gasteiger partial charge is 0.481 e. The summed E-state index contributed by atoms with van der Waals surface area (Å²) in [5.74, 6) is -4.12. The zero-order chi connectivity index (χ0) is 80.0. The van der Waals surface area contributed by atoms with Crippen LogP contribution < -0.4 is 10.0 Å². The molecule has 0 saturated heterocycles. The Balaban J connectivity index is 0.000000737. The van der Waals surface area contributed by atoms with Gasteiger partial charge in [-0.15, -0.1) is 0 Å². The second-order valence-corrected chi connectivity index (χ2v) is 26.7. The molecule has 6 N–H and O–H groups in total. The lowest BCUT2D eigenvalue weighted by atomic mass is 9.91. The number of aliphatic hydroxyl groups is 4. The van der Waals surface area contributed by atoms with E-state index in [4.69, 9.17) is 39.4 Å². The van der Waals surface area contributed by atoms with Crippen LogP contribution in [0.5, 0.6) is 0 Å². The van der Waals surface area contributed by atoms with Crippen LogP contribution in [-0.2, 0) is 66.8 Å². The average molecular weight is 1500 g/mol. The van der Waals surface area contributed by atoms with Crippen molar-refractivity contribution >= 4 is 119 Å². The highest BCUT2D eigenvalue weighted by molar-refractivity contribution is 7.99. The van der Waals surface area contributed by atoms with Gasteiger partial charge in [-0.3, -0.25) is 19.2 Å². The van der Waals surface area contributed by atoms with Crippen molar-refractivity contribution in [3.05, 3.63) is 167 Å². The van der Waals surface area contributed by atoms with E-state index >= 15 is 0 Å². The second kappa shape index (κ2) is 46.0. The Morgan fingerprint density at radius 2 is 0.914 bits per heavy atom. The Labute approximate surface area is 622 Å². The fourth-order valence-corrected chi connectivity index (χ4v) is 8.23. The van der Waals surface area contributed by atoms with Gasteiger partial charge in [0.25, 0.3) is 11.8 Å². The Kier molecular flexibility index (Phi) is 40.7. The van der Waals surface area contributed by atoms with Gasteiger partial charge in [-0.2, -0.15) is 54.8 Å².